The van der Waals surface area contributed by atoms with Crippen molar-refractivity contribution in [3.8, 4) is 0 Å². The van der Waals surface area contributed by atoms with Crippen molar-refractivity contribution in [3.63, 3.8) is 0 Å². The lowest BCUT2D eigenvalue weighted by atomic mass is 10.0. The molecule has 0 saturated carbocycles. The van der Waals surface area contributed by atoms with Crippen LogP contribution < -0.4 is 5.32 Å². The Hall–Kier alpha value is -0.940. The van der Waals surface area contributed by atoms with Crippen LogP contribution in [0.2, 0.25) is 0 Å². The fourth-order valence-electron chi connectivity index (χ4n) is 2.50. The molecule has 2 atom stereocenters. The standard InChI is InChI=1S/C13H24N4O/c1-5-14-11-8-18-7-10(11)13-15-12(6-9(2)3)16-17(13)4/h9-11,14H,5-8H2,1-4H3. The van der Waals surface area contributed by atoms with Gasteiger partial charge in [0.25, 0.3) is 0 Å². The van der Waals surface area contributed by atoms with Crippen LogP contribution >= 0.6 is 0 Å². The third-order valence-corrected chi connectivity index (χ3v) is 3.31. The van der Waals surface area contributed by atoms with E-state index in [-0.39, 0.29) is 0 Å². The van der Waals surface area contributed by atoms with Crippen molar-refractivity contribution in [2.75, 3.05) is 19.8 Å². The molecule has 1 saturated heterocycles. The maximum absolute atomic E-state index is 5.58. The maximum Gasteiger partial charge on any atom is 0.151 e. The van der Waals surface area contributed by atoms with Gasteiger partial charge in [0.05, 0.1) is 19.1 Å². The van der Waals surface area contributed by atoms with Crippen molar-refractivity contribution in [2.24, 2.45) is 13.0 Å². The monoisotopic (exact) mass is 252 g/mol. The smallest absolute Gasteiger partial charge is 0.151 e. The first-order chi connectivity index (χ1) is 8.61. The van der Waals surface area contributed by atoms with Gasteiger partial charge in [0.2, 0.25) is 0 Å². The zero-order valence-electron chi connectivity index (χ0n) is 11.8. The first-order valence-electron chi connectivity index (χ1n) is 6.82. The highest BCUT2D eigenvalue weighted by Crippen LogP contribution is 2.24. The van der Waals surface area contributed by atoms with Gasteiger partial charge in [-0.1, -0.05) is 20.8 Å². The highest BCUT2D eigenvalue weighted by atomic mass is 16.5. The highest BCUT2D eigenvalue weighted by molar-refractivity contribution is 5.07. The van der Waals surface area contributed by atoms with Crippen molar-refractivity contribution < 1.29 is 4.74 Å². The number of ether oxygens (including phenoxy) is 1. The van der Waals surface area contributed by atoms with Gasteiger partial charge in [-0.25, -0.2) is 4.98 Å². The van der Waals surface area contributed by atoms with E-state index in [1.54, 1.807) is 0 Å². The van der Waals surface area contributed by atoms with Gasteiger partial charge in [-0.3, -0.25) is 4.68 Å². The molecule has 0 aromatic carbocycles. The average molecular weight is 252 g/mol. The summed E-state index contributed by atoms with van der Waals surface area (Å²) in [4.78, 5) is 4.70. The van der Waals surface area contributed by atoms with Crippen LogP contribution in [0.5, 0.6) is 0 Å². The summed E-state index contributed by atoms with van der Waals surface area (Å²) in [5, 5.41) is 7.98. The van der Waals surface area contributed by atoms with Crippen LogP contribution in [0.4, 0.5) is 0 Å². The summed E-state index contributed by atoms with van der Waals surface area (Å²) < 4.78 is 7.50. The lowest BCUT2D eigenvalue weighted by Crippen LogP contribution is -2.35. The summed E-state index contributed by atoms with van der Waals surface area (Å²) in [7, 11) is 1.98. The van der Waals surface area contributed by atoms with Crippen molar-refractivity contribution in [3.05, 3.63) is 11.6 Å². The molecule has 2 unspecified atom stereocenters. The molecule has 0 bridgehead atoms. The minimum atomic E-state index is 0.323. The van der Waals surface area contributed by atoms with E-state index in [1.165, 1.54) is 0 Å². The Morgan fingerprint density at radius 3 is 2.89 bits per heavy atom. The van der Waals surface area contributed by atoms with Crippen LogP contribution in [0, 0.1) is 5.92 Å². The molecule has 1 aliphatic heterocycles. The molecule has 5 nitrogen and oxygen atoms in total. The van der Waals surface area contributed by atoms with Crippen LogP contribution in [-0.2, 0) is 18.2 Å². The summed E-state index contributed by atoms with van der Waals surface area (Å²) in [5.74, 6) is 2.91. The largest absolute Gasteiger partial charge is 0.379 e. The molecule has 2 rings (SSSR count). The molecule has 102 valence electrons. The van der Waals surface area contributed by atoms with E-state index in [9.17, 15) is 0 Å². The van der Waals surface area contributed by atoms with Gasteiger partial charge in [-0.05, 0) is 12.5 Å². The first-order valence-corrected chi connectivity index (χ1v) is 6.82. The summed E-state index contributed by atoms with van der Waals surface area (Å²) >= 11 is 0. The Kier molecular flexibility index (Phi) is 4.35. The minimum absolute atomic E-state index is 0.323. The summed E-state index contributed by atoms with van der Waals surface area (Å²) in [6, 6.07) is 0.366. The summed E-state index contributed by atoms with van der Waals surface area (Å²) in [6.07, 6.45) is 0.938. The molecule has 5 heteroatoms. The molecular formula is C13H24N4O. The van der Waals surface area contributed by atoms with Gasteiger partial charge in [0.15, 0.2) is 5.82 Å². The van der Waals surface area contributed by atoms with Gasteiger partial charge >= 0.3 is 0 Å². The second-order valence-corrected chi connectivity index (χ2v) is 5.42. The van der Waals surface area contributed by atoms with Crippen molar-refractivity contribution in [1.29, 1.82) is 0 Å². The molecule has 0 amide bonds. The second kappa shape index (κ2) is 5.80. The molecular weight excluding hydrogens is 228 g/mol. The number of aryl methyl sites for hydroxylation is 1. The Morgan fingerprint density at radius 2 is 2.22 bits per heavy atom. The summed E-state index contributed by atoms with van der Waals surface area (Å²) in [6.45, 7) is 8.97. The zero-order chi connectivity index (χ0) is 13.1. The van der Waals surface area contributed by atoms with Crippen molar-refractivity contribution in [1.82, 2.24) is 20.1 Å². The Balaban J connectivity index is 2.14. The quantitative estimate of drug-likeness (QED) is 0.853. The van der Waals surface area contributed by atoms with E-state index in [0.29, 0.717) is 17.9 Å². The molecule has 2 heterocycles. The number of nitrogens with one attached hydrogen (secondary N) is 1. The van der Waals surface area contributed by atoms with Crippen LogP contribution in [0.15, 0.2) is 0 Å². The number of rotatable bonds is 5. The number of likely N-dealkylation sites (N-methyl/N-ethyl adjacent to an activating group) is 1. The summed E-state index contributed by atoms with van der Waals surface area (Å²) in [5.41, 5.74) is 0. The zero-order valence-corrected chi connectivity index (χ0v) is 11.8. The predicted molar refractivity (Wildman–Crippen MR) is 70.6 cm³/mol. The van der Waals surface area contributed by atoms with Crippen LogP contribution in [0.1, 0.15) is 38.3 Å². The third kappa shape index (κ3) is 2.90. The van der Waals surface area contributed by atoms with Gasteiger partial charge in [-0.15, -0.1) is 0 Å². The van der Waals surface area contributed by atoms with Crippen LogP contribution in [0.3, 0.4) is 0 Å². The van der Waals surface area contributed by atoms with Gasteiger partial charge in [-0.2, -0.15) is 5.10 Å². The van der Waals surface area contributed by atoms with Crippen LogP contribution in [-0.4, -0.2) is 40.6 Å². The molecule has 1 N–H and O–H groups in total. The van der Waals surface area contributed by atoms with Gasteiger partial charge in [0, 0.05) is 19.5 Å². The van der Waals surface area contributed by atoms with Gasteiger partial charge < -0.3 is 10.1 Å². The average Bonchev–Trinajstić information content (AvgIpc) is 2.85. The Morgan fingerprint density at radius 1 is 1.44 bits per heavy atom. The van der Waals surface area contributed by atoms with E-state index in [0.717, 1.165) is 37.8 Å². The van der Waals surface area contributed by atoms with E-state index in [2.05, 4.69) is 31.2 Å². The van der Waals surface area contributed by atoms with E-state index in [1.807, 2.05) is 11.7 Å². The number of hydrogen-bond donors (Lipinski definition) is 1. The van der Waals surface area contributed by atoms with E-state index >= 15 is 0 Å². The van der Waals surface area contributed by atoms with E-state index in [4.69, 9.17) is 9.72 Å². The first kappa shape index (κ1) is 13.5. The molecule has 1 aliphatic rings. The maximum atomic E-state index is 5.58. The van der Waals surface area contributed by atoms with E-state index < -0.39 is 0 Å². The normalized spacial score (nSPS) is 24.1. The van der Waals surface area contributed by atoms with Crippen molar-refractivity contribution >= 4 is 0 Å². The molecule has 1 fully saturated rings. The fraction of sp³-hybridized carbons (Fsp3) is 0.846. The highest BCUT2D eigenvalue weighted by Gasteiger charge is 2.32. The Labute approximate surface area is 109 Å². The SMILES string of the molecule is CCNC1COCC1c1nc(CC(C)C)nn1C. The molecule has 18 heavy (non-hydrogen) atoms. The van der Waals surface area contributed by atoms with Gasteiger partial charge in [0.1, 0.15) is 5.82 Å². The minimum Gasteiger partial charge on any atom is -0.379 e. The lowest BCUT2D eigenvalue weighted by Gasteiger charge is -2.16. The molecule has 0 aliphatic carbocycles. The number of hydrogen-bond acceptors (Lipinski definition) is 4. The fourth-order valence-corrected chi connectivity index (χ4v) is 2.50. The predicted octanol–water partition coefficient (Wildman–Crippen LogP) is 1.11. The van der Waals surface area contributed by atoms with Crippen LogP contribution in [0.25, 0.3) is 0 Å². The number of nitrogens with zero attached hydrogens (tertiary/aromatic N) is 3. The van der Waals surface area contributed by atoms with Crippen molar-refractivity contribution in [2.45, 2.75) is 39.2 Å². The Bertz CT molecular complexity index is 388. The second-order valence-electron chi connectivity index (χ2n) is 5.42. The molecule has 1 aromatic heterocycles. The topological polar surface area (TPSA) is 52.0 Å². The lowest BCUT2D eigenvalue weighted by molar-refractivity contribution is 0.187. The molecule has 0 radical (unpaired) electrons. The molecule has 0 spiro atoms. The molecule has 1 aromatic rings. The third-order valence-electron chi connectivity index (χ3n) is 3.31. The number of aromatic nitrogens is 3.